The molecular formula is C17H29N5O. The van der Waals surface area contributed by atoms with E-state index in [0.717, 1.165) is 44.0 Å². The molecule has 0 spiro atoms. The van der Waals surface area contributed by atoms with Crippen LogP contribution in [-0.2, 0) is 11.3 Å². The quantitative estimate of drug-likeness (QED) is 0.448. The molecule has 1 aromatic rings. The molecule has 0 unspecified atom stereocenters. The van der Waals surface area contributed by atoms with E-state index in [1.165, 1.54) is 18.4 Å². The van der Waals surface area contributed by atoms with Gasteiger partial charge < -0.3 is 19.9 Å². The third-order valence-electron chi connectivity index (χ3n) is 3.91. The van der Waals surface area contributed by atoms with Crippen molar-refractivity contribution in [2.45, 2.75) is 19.4 Å². The summed E-state index contributed by atoms with van der Waals surface area (Å²) < 4.78 is 5.69. The summed E-state index contributed by atoms with van der Waals surface area (Å²) in [6.45, 7) is 3.22. The molecule has 6 nitrogen and oxygen atoms in total. The lowest BCUT2D eigenvalue weighted by Crippen LogP contribution is -2.40. The highest BCUT2D eigenvalue weighted by Gasteiger charge is 2.21. The molecule has 0 amide bonds. The molecule has 0 aliphatic heterocycles. The molecule has 1 heterocycles. The number of aliphatic imine (C=N–C) groups is 1. The van der Waals surface area contributed by atoms with Crippen molar-refractivity contribution in [2.75, 3.05) is 52.8 Å². The number of pyridine rings is 1. The Balaban J connectivity index is 1.75. The fraction of sp³-hybridized carbons (Fsp3) is 0.647. The average Bonchev–Trinajstić information content (AvgIpc) is 3.36. The van der Waals surface area contributed by atoms with E-state index in [4.69, 9.17) is 4.74 Å². The maximum absolute atomic E-state index is 5.69. The zero-order chi connectivity index (χ0) is 16.7. The Morgan fingerprint density at radius 1 is 1.39 bits per heavy atom. The lowest BCUT2D eigenvalue weighted by molar-refractivity contribution is 0.115. The molecular weight excluding hydrogens is 290 g/mol. The van der Waals surface area contributed by atoms with Crippen molar-refractivity contribution in [3.63, 3.8) is 0 Å². The van der Waals surface area contributed by atoms with Crippen LogP contribution in [0.2, 0.25) is 0 Å². The van der Waals surface area contributed by atoms with E-state index in [1.807, 2.05) is 45.4 Å². The molecule has 0 saturated heterocycles. The third kappa shape index (κ3) is 6.06. The Kier molecular flexibility index (Phi) is 6.65. The molecule has 1 aliphatic rings. The van der Waals surface area contributed by atoms with Crippen molar-refractivity contribution in [1.82, 2.24) is 15.2 Å². The van der Waals surface area contributed by atoms with Crippen LogP contribution in [0.25, 0.3) is 0 Å². The van der Waals surface area contributed by atoms with Crippen LogP contribution < -0.4 is 10.2 Å². The lowest BCUT2D eigenvalue weighted by atomic mass is 10.2. The predicted octanol–water partition coefficient (Wildman–Crippen LogP) is 1.58. The van der Waals surface area contributed by atoms with E-state index in [-0.39, 0.29) is 0 Å². The van der Waals surface area contributed by atoms with E-state index in [2.05, 4.69) is 26.3 Å². The van der Waals surface area contributed by atoms with Gasteiger partial charge in [0.2, 0.25) is 0 Å². The summed E-state index contributed by atoms with van der Waals surface area (Å²) in [6.07, 6.45) is 4.50. The van der Waals surface area contributed by atoms with Crippen molar-refractivity contribution >= 4 is 11.8 Å². The van der Waals surface area contributed by atoms with Crippen LogP contribution in [0, 0.1) is 5.92 Å². The van der Waals surface area contributed by atoms with Crippen molar-refractivity contribution in [3.05, 3.63) is 23.9 Å². The first-order valence-electron chi connectivity index (χ1n) is 8.22. The molecule has 23 heavy (non-hydrogen) atoms. The Bertz CT molecular complexity index is 513. The zero-order valence-corrected chi connectivity index (χ0v) is 14.7. The van der Waals surface area contributed by atoms with Crippen molar-refractivity contribution in [1.29, 1.82) is 0 Å². The van der Waals surface area contributed by atoms with Gasteiger partial charge in [0.15, 0.2) is 5.96 Å². The smallest absolute Gasteiger partial charge is 0.193 e. The van der Waals surface area contributed by atoms with Gasteiger partial charge in [-0.15, -0.1) is 0 Å². The summed E-state index contributed by atoms with van der Waals surface area (Å²) in [5, 5.41) is 3.39. The van der Waals surface area contributed by atoms with Crippen LogP contribution in [0.1, 0.15) is 18.4 Å². The first-order valence-corrected chi connectivity index (χ1v) is 8.22. The van der Waals surface area contributed by atoms with Gasteiger partial charge in [0.05, 0.1) is 6.61 Å². The van der Waals surface area contributed by atoms with Gasteiger partial charge >= 0.3 is 0 Å². The maximum atomic E-state index is 5.69. The Hall–Kier alpha value is -1.82. The molecule has 1 aromatic heterocycles. The molecule has 0 atom stereocenters. The van der Waals surface area contributed by atoms with Gasteiger partial charge in [-0.25, -0.2) is 4.98 Å². The van der Waals surface area contributed by atoms with Gasteiger partial charge in [-0.2, -0.15) is 0 Å². The van der Waals surface area contributed by atoms with E-state index < -0.39 is 0 Å². The molecule has 2 rings (SSSR count). The van der Waals surface area contributed by atoms with Crippen LogP contribution in [0.5, 0.6) is 0 Å². The molecule has 1 N–H and O–H groups in total. The van der Waals surface area contributed by atoms with Gasteiger partial charge in [-0.3, -0.25) is 4.99 Å². The molecule has 0 bridgehead atoms. The van der Waals surface area contributed by atoms with Gasteiger partial charge in [-0.1, -0.05) is 0 Å². The maximum Gasteiger partial charge on any atom is 0.193 e. The highest BCUT2D eigenvalue weighted by Crippen LogP contribution is 2.28. The molecule has 6 heteroatoms. The number of ether oxygens (including phenoxy) is 1. The topological polar surface area (TPSA) is 53.0 Å². The minimum Gasteiger partial charge on any atom is -0.379 e. The molecule has 0 radical (unpaired) electrons. The standard InChI is InChI=1S/C17H29N5O/c1-18-17(22(4)9-10-23-13-14-5-6-14)20-12-15-7-8-19-16(11-15)21(2)3/h7-8,11,14H,5-6,9-10,12-13H2,1-4H3,(H,18,20). The molecule has 128 valence electrons. The number of likely N-dealkylation sites (N-methyl/N-ethyl adjacent to an activating group) is 1. The van der Waals surface area contributed by atoms with Gasteiger partial charge in [0.1, 0.15) is 5.82 Å². The Morgan fingerprint density at radius 3 is 2.83 bits per heavy atom. The van der Waals surface area contributed by atoms with Crippen LogP contribution in [0.3, 0.4) is 0 Å². The fourth-order valence-electron chi connectivity index (χ4n) is 2.22. The van der Waals surface area contributed by atoms with Gasteiger partial charge in [0.25, 0.3) is 0 Å². The minimum atomic E-state index is 0.726. The van der Waals surface area contributed by atoms with Gasteiger partial charge in [0, 0.05) is 54.1 Å². The number of guanidine groups is 1. The van der Waals surface area contributed by atoms with Crippen LogP contribution in [-0.4, -0.2) is 63.8 Å². The first-order chi connectivity index (χ1) is 11.1. The average molecular weight is 319 g/mol. The monoisotopic (exact) mass is 319 g/mol. The number of hydrogen-bond acceptors (Lipinski definition) is 4. The number of anilines is 1. The van der Waals surface area contributed by atoms with Crippen molar-refractivity contribution in [2.24, 2.45) is 10.9 Å². The largest absolute Gasteiger partial charge is 0.379 e. The SMILES string of the molecule is CN=C(NCc1ccnc(N(C)C)c1)N(C)CCOCC1CC1. The lowest BCUT2D eigenvalue weighted by Gasteiger charge is -2.22. The predicted molar refractivity (Wildman–Crippen MR) is 94.9 cm³/mol. The van der Waals surface area contributed by atoms with E-state index in [0.29, 0.717) is 0 Å². The summed E-state index contributed by atoms with van der Waals surface area (Å²) >= 11 is 0. The number of rotatable bonds is 8. The highest BCUT2D eigenvalue weighted by atomic mass is 16.5. The van der Waals surface area contributed by atoms with Crippen molar-refractivity contribution in [3.8, 4) is 0 Å². The van der Waals surface area contributed by atoms with E-state index in [9.17, 15) is 0 Å². The summed E-state index contributed by atoms with van der Waals surface area (Å²) in [4.78, 5) is 12.8. The van der Waals surface area contributed by atoms with E-state index in [1.54, 1.807) is 0 Å². The summed E-state index contributed by atoms with van der Waals surface area (Å²) in [5.41, 5.74) is 1.18. The second kappa shape index (κ2) is 8.72. The fourth-order valence-corrected chi connectivity index (χ4v) is 2.22. The Morgan fingerprint density at radius 2 is 2.17 bits per heavy atom. The van der Waals surface area contributed by atoms with Crippen molar-refractivity contribution < 1.29 is 4.74 Å². The summed E-state index contributed by atoms with van der Waals surface area (Å²) in [5.74, 6) is 2.65. The second-order valence-electron chi connectivity index (χ2n) is 6.26. The number of aromatic nitrogens is 1. The van der Waals surface area contributed by atoms with Crippen LogP contribution in [0.15, 0.2) is 23.3 Å². The molecule has 1 fully saturated rings. The minimum absolute atomic E-state index is 0.726. The molecule has 1 saturated carbocycles. The molecule has 1 aliphatic carbocycles. The number of hydrogen-bond donors (Lipinski definition) is 1. The summed E-state index contributed by atoms with van der Waals surface area (Å²) in [7, 11) is 7.83. The van der Waals surface area contributed by atoms with E-state index >= 15 is 0 Å². The second-order valence-corrected chi connectivity index (χ2v) is 6.26. The van der Waals surface area contributed by atoms with Crippen LogP contribution in [0.4, 0.5) is 5.82 Å². The highest BCUT2D eigenvalue weighted by molar-refractivity contribution is 5.79. The third-order valence-corrected chi connectivity index (χ3v) is 3.91. The number of nitrogens with zero attached hydrogens (tertiary/aromatic N) is 4. The number of nitrogens with one attached hydrogen (secondary N) is 1. The molecule has 0 aromatic carbocycles. The summed E-state index contributed by atoms with van der Waals surface area (Å²) in [6, 6.07) is 4.10. The zero-order valence-electron chi connectivity index (χ0n) is 14.7. The first kappa shape index (κ1) is 17.5. The normalized spacial score (nSPS) is 14.7. The van der Waals surface area contributed by atoms with Gasteiger partial charge in [-0.05, 0) is 36.5 Å². The Labute approximate surface area is 139 Å². The van der Waals surface area contributed by atoms with Crippen LogP contribution >= 0.6 is 0 Å².